The molecule has 1 saturated heterocycles. The fraction of sp³-hybridized carbons (Fsp3) is 0.556. The summed E-state index contributed by atoms with van der Waals surface area (Å²) in [4.78, 5) is 16.8. The Labute approximate surface area is 171 Å². The van der Waals surface area contributed by atoms with Crippen LogP contribution in [-0.2, 0) is 11.2 Å². The highest BCUT2D eigenvalue weighted by molar-refractivity contribution is 7.99. The molecule has 1 aromatic heterocycles. The summed E-state index contributed by atoms with van der Waals surface area (Å²) in [7, 11) is 0. The molecule has 1 amide bonds. The van der Waals surface area contributed by atoms with Gasteiger partial charge in [-0.1, -0.05) is 12.1 Å². The Morgan fingerprint density at radius 1 is 1.38 bits per heavy atom. The minimum atomic E-state index is 0. The highest BCUT2D eigenvalue weighted by atomic mass is 35.5. The first-order valence-corrected chi connectivity index (χ1v) is 9.84. The molecule has 2 N–H and O–H groups in total. The molecule has 1 aliphatic rings. The number of hydrogen-bond acceptors (Lipinski definition) is 4. The van der Waals surface area contributed by atoms with Gasteiger partial charge in [0.15, 0.2) is 0 Å². The van der Waals surface area contributed by atoms with Gasteiger partial charge in [0.25, 0.3) is 0 Å². The molecule has 1 atom stereocenters. The van der Waals surface area contributed by atoms with E-state index >= 15 is 0 Å². The monoisotopic (exact) mass is 418 g/mol. The van der Waals surface area contributed by atoms with Crippen molar-refractivity contribution in [3.63, 3.8) is 0 Å². The standard InChI is InChI=1S/C18H26N4OS.2ClH/c1-13(2)22-16-6-4-3-5-15(16)21-17(22)7-8-20-18(23)11-14-12-24-10-9-19-14;;/h3-6,13-14,19H,7-12H2,1-2H3,(H,20,23);2*1H. The Kier molecular flexibility index (Phi) is 9.79. The second-order valence-corrected chi connectivity index (χ2v) is 7.66. The number of nitrogens with zero attached hydrogens (tertiary/aromatic N) is 2. The number of imidazole rings is 1. The van der Waals surface area contributed by atoms with Gasteiger partial charge < -0.3 is 15.2 Å². The third kappa shape index (κ3) is 5.78. The van der Waals surface area contributed by atoms with E-state index in [1.807, 2.05) is 30.0 Å². The number of carbonyl (C=O) groups is 1. The summed E-state index contributed by atoms with van der Waals surface area (Å²) >= 11 is 1.92. The Balaban J connectivity index is 0.00000169. The molecule has 3 rings (SSSR count). The summed E-state index contributed by atoms with van der Waals surface area (Å²) in [6, 6.07) is 8.87. The first-order valence-electron chi connectivity index (χ1n) is 8.69. The molecule has 26 heavy (non-hydrogen) atoms. The average molecular weight is 419 g/mol. The molecule has 5 nitrogen and oxygen atoms in total. The number of rotatable bonds is 6. The van der Waals surface area contributed by atoms with Crippen LogP contribution >= 0.6 is 36.6 Å². The zero-order valence-corrected chi connectivity index (χ0v) is 17.7. The fourth-order valence-electron chi connectivity index (χ4n) is 3.21. The lowest BCUT2D eigenvalue weighted by molar-refractivity contribution is -0.121. The Bertz CT molecular complexity index is 702. The fourth-order valence-corrected chi connectivity index (χ4v) is 4.16. The zero-order valence-electron chi connectivity index (χ0n) is 15.2. The third-order valence-electron chi connectivity index (χ3n) is 4.29. The van der Waals surface area contributed by atoms with Crippen LogP contribution in [0.2, 0.25) is 0 Å². The van der Waals surface area contributed by atoms with Crippen molar-refractivity contribution in [2.45, 2.75) is 38.8 Å². The number of fused-ring (bicyclic) bond motifs is 1. The maximum absolute atomic E-state index is 12.1. The van der Waals surface area contributed by atoms with Crippen LogP contribution < -0.4 is 10.6 Å². The SMILES string of the molecule is CC(C)n1c(CCNC(=O)CC2CSCCN2)nc2ccccc21.Cl.Cl. The second-order valence-electron chi connectivity index (χ2n) is 6.51. The topological polar surface area (TPSA) is 59.0 Å². The normalized spacial score (nSPS) is 16.8. The molecule has 1 unspecified atom stereocenters. The van der Waals surface area contributed by atoms with E-state index in [-0.39, 0.29) is 30.7 Å². The van der Waals surface area contributed by atoms with Crippen LogP contribution in [-0.4, -0.2) is 46.1 Å². The predicted molar refractivity (Wildman–Crippen MR) is 115 cm³/mol. The molecule has 0 bridgehead atoms. The second kappa shape index (κ2) is 11.0. The lowest BCUT2D eigenvalue weighted by atomic mass is 10.2. The van der Waals surface area contributed by atoms with E-state index in [9.17, 15) is 4.79 Å². The van der Waals surface area contributed by atoms with Gasteiger partial charge in [-0.25, -0.2) is 4.98 Å². The summed E-state index contributed by atoms with van der Waals surface area (Å²) < 4.78 is 2.26. The van der Waals surface area contributed by atoms with Crippen molar-refractivity contribution in [1.29, 1.82) is 0 Å². The molecule has 0 spiro atoms. The average Bonchev–Trinajstić information content (AvgIpc) is 2.94. The summed E-state index contributed by atoms with van der Waals surface area (Å²) in [6.07, 6.45) is 1.32. The van der Waals surface area contributed by atoms with Gasteiger partial charge in [0, 0.05) is 49.5 Å². The van der Waals surface area contributed by atoms with Crippen molar-refractivity contribution >= 4 is 53.5 Å². The predicted octanol–water partition coefficient (Wildman–Crippen LogP) is 3.21. The van der Waals surface area contributed by atoms with E-state index in [1.54, 1.807) is 0 Å². The highest BCUT2D eigenvalue weighted by Crippen LogP contribution is 2.21. The Morgan fingerprint density at radius 3 is 2.85 bits per heavy atom. The van der Waals surface area contributed by atoms with E-state index in [0.29, 0.717) is 25.0 Å². The lowest BCUT2D eigenvalue weighted by Crippen LogP contribution is -2.41. The molecule has 8 heteroatoms. The van der Waals surface area contributed by atoms with Crippen LogP contribution in [0.25, 0.3) is 11.0 Å². The van der Waals surface area contributed by atoms with E-state index in [4.69, 9.17) is 4.98 Å². The van der Waals surface area contributed by atoms with Crippen molar-refractivity contribution in [3.8, 4) is 0 Å². The number of carbonyl (C=O) groups excluding carboxylic acids is 1. The minimum absolute atomic E-state index is 0. The number of aromatic nitrogens is 2. The molecule has 2 heterocycles. The molecule has 0 radical (unpaired) electrons. The third-order valence-corrected chi connectivity index (χ3v) is 5.42. The molecule has 1 aromatic carbocycles. The smallest absolute Gasteiger partial charge is 0.221 e. The molecule has 2 aromatic rings. The number of amides is 1. The summed E-state index contributed by atoms with van der Waals surface area (Å²) in [6.45, 7) is 5.97. The van der Waals surface area contributed by atoms with Crippen LogP contribution in [0.15, 0.2) is 24.3 Å². The quantitative estimate of drug-likeness (QED) is 0.755. The van der Waals surface area contributed by atoms with Crippen molar-refractivity contribution in [3.05, 3.63) is 30.1 Å². The van der Waals surface area contributed by atoms with E-state index in [0.717, 1.165) is 41.3 Å². The Morgan fingerprint density at radius 2 is 2.15 bits per heavy atom. The highest BCUT2D eigenvalue weighted by Gasteiger charge is 2.17. The van der Waals surface area contributed by atoms with Gasteiger partial charge in [-0.05, 0) is 26.0 Å². The number of nitrogens with one attached hydrogen (secondary N) is 2. The van der Waals surface area contributed by atoms with Gasteiger partial charge in [-0.15, -0.1) is 24.8 Å². The maximum Gasteiger partial charge on any atom is 0.221 e. The summed E-state index contributed by atoms with van der Waals surface area (Å²) in [5.41, 5.74) is 2.19. The van der Waals surface area contributed by atoms with Crippen molar-refractivity contribution in [2.75, 3.05) is 24.6 Å². The molecule has 0 saturated carbocycles. The van der Waals surface area contributed by atoms with Crippen LogP contribution in [0.5, 0.6) is 0 Å². The maximum atomic E-state index is 12.1. The largest absolute Gasteiger partial charge is 0.356 e. The Hall–Kier alpha value is -0.950. The molecule has 1 fully saturated rings. The number of benzene rings is 1. The van der Waals surface area contributed by atoms with Crippen LogP contribution in [0.4, 0.5) is 0 Å². The number of thioether (sulfide) groups is 1. The van der Waals surface area contributed by atoms with Crippen molar-refractivity contribution in [1.82, 2.24) is 20.2 Å². The van der Waals surface area contributed by atoms with Crippen LogP contribution in [0, 0.1) is 0 Å². The minimum Gasteiger partial charge on any atom is -0.356 e. The lowest BCUT2D eigenvalue weighted by Gasteiger charge is -2.22. The van der Waals surface area contributed by atoms with Crippen molar-refractivity contribution < 1.29 is 4.79 Å². The molecular formula is C18H28Cl2N4OS. The molecule has 0 aliphatic carbocycles. The zero-order chi connectivity index (χ0) is 16.9. The van der Waals surface area contributed by atoms with Gasteiger partial charge >= 0.3 is 0 Å². The first-order chi connectivity index (χ1) is 11.6. The number of para-hydroxylation sites is 2. The van der Waals surface area contributed by atoms with E-state index in [1.165, 1.54) is 0 Å². The molecule has 146 valence electrons. The van der Waals surface area contributed by atoms with Gasteiger partial charge in [0.05, 0.1) is 11.0 Å². The first kappa shape index (κ1) is 23.1. The van der Waals surface area contributed by atoms with E-state index in [2.05, 4.69) is 35.1 Å². The number of hydrogen-bond donors (Lipinski definition) is 2. The van der Waals surface area contributed by atoms with Gasteiger partial charge in [-0.3, -0.25) is 4.79 Å². The summed E-state index contributed by atoms with van der Waals surface area (Å²) in [5, 5.41) is 6.45. The molecular weight excluding hydrogens is 391 g/mol. The van der Waals surface area contributed by atoms with Crippen molar-refractivity contribution in [2.24, 2.45) is 0 Å². The van der Waals surface area contributed by atoms with Gasteiger partial charge in [0.1, 0.15) is 5.82 Å². The number of halogens is 2. The van der Waals surface area contributed by atoms with E-state index < -0.39 is 0 Å². The van der Waals surface area contributed by atoms with Crippen LogP contribution in [0.3, 0.4) is 0 Å². The van der Waals surface area contributed by atoms with Gasteiger partial charge in [0.2, 0.25) is 5.91 Å². The van der Waals surface area contributed by atoms with Crippen LogP contribution in [0.1, 0.15) is 32.1 Å². The molecule has 1 aliphatic heterocycles. The van der Waals surface area contributed by atoms with Gasteiger partial charge in [-0.2, -0.15) is 11.8 Å². The summed E-state index contributed by atoms with van der Waals surface area (Å²) in [5.74, 6) is 3.33.